The Labute approximate surface area is 264 Å². The van der Waals surface area contributed by atoms with E-state index in [1.165, 1.54) is 13.3 Å². The lowest BCUT2D eigenvalue weighted by Crippen LogP contribution is -2.20. The topological polar surface area (TPSA) is 107 Å². The van der Waals surface area contributed by atoms with Crippen LogP contribution in [-0.2, 0) is 11.4 Å². The van der Waals surface area contributed by atoms with Crippen molar-refractivity contribution in [1.82, 2.24) is 5.43 Å². The van der Waals surface area contributed by atoms with Gasteiger partial charge in [0.15, 0.2) is 29.6 Å². The third kappa shape index (κ3) is 9.20. The molecule has 0 aromatic heterocycles. The van der Waals surface area contributed by atoms with Crippen LogP contribution in [0.2, 0.25) is 0 Å². The molecular weight excluding hydrogens is 661 g/mol. The summed E-state index contributed by atoms with van der Waals surface area (Å²) in [5.41, 5.74) is 6.38. The fraction of sp³-hybridized carbons (Fsp3) is 0.182. The first-order valence-corrected chi connectivity index (χ1v) is 14.6. The van der Waals surface area contributed by atoms with Crippen LogP contribution in [0, 0.1) is 10.5 Å². The number of nitrogens with one attached hydrogen (secondary N) is 2. The van der Waals surface area contributed by atoms with Gasteiger partial charge in [-0.1, -0.05) is 48.0 Å². The molecule has 2 amide bonds. The van der Waals surface area contributed by atoms with Crippen molar-refractivity contribution in [2.45, 2.75) is 20.5 Å². The number of aryl methyl sites for hydroxylation is 1. The second-order valence-electron chi connectivity index (χ2n) is 9.30. The van der Waals surface area contributed by atoms with Gasteiger partial charge in [0.05, 0.1) is 23.5 Å². The second kappa shape index (κ2) is 15.6. The van der Waals surface area contributed by atoms with Gasteiger partial charge in [-0.3, -0.25) is 9.59 Å². The Morgan fingerprint density at radius 2 is 1.65 bits per heavy atom. The number of amides is 2. The molecule has 4 aromatic carbocycles. The normalized spacial score (nSPS) is 10.7. The molecule has 0 bridgehead atoms. The van der Waals surface area contributed by atoms with Crippen LogP contribution < -0.4 is 29.7 Å². The molecule has 2 N–H and O–H groups in total. The van der Waals surface area contributed by atoms with Crippen LogP contribution in [0.5, 0.6) is 23.0 Å². The molecule has 0 atom stereocenters. The molecule has 0 fully saturated rings. The molecule has 0 unspecified atom stereocenters. The molecule has 0 saturated heterocycles. The maximum Gasteiger partial charge on any atom is 0.271 e. The van der Waals surface area contributed by atoms with Crippen LogP contribution in [0.25, 0.3) is 0 Å². The van der Waals surface area contributed by atoms with Gasteiger partial charge >= 0.3 is 0 Å². The Hall–Kier alpha value is -4.58. The Balaban J connectivity index is 1.37. The van der Waals surface area contributed by atoms with Crippen molar-refractivity contribution in [1.29, 1.82) is 0 Å². The number of halogens is 1. The Morgan fingerprint density at radius 3 is 2.37 bits per heavy atom. The highest BCUT2D eigenvalue weighted by molar-refractivity contribution is 14.1. The van der Waals surface area contributed by atoms with E-state index in [2.05, 4.69) is 38.4 Å². The van der Waals surface area contributed by atoms with E-state index in [-0.39, 0.29) is 12.5 Å². The maximum absolute atomic E-state index is 12.8. The van der Waals surface area contributed by atoms with E-state index < -0.39 is 5.91 Å². The van der Waals surface area contributed by atoms with Gasteiger partial charge in [-0.05, 0) is 90.0 Å². The molecule has 0 radical (unpaired) electrons. The number of ether oxygens (including phenoxy) is 4. The Morgan fingerprint density at radius 1 is 0.884 bits per heavy atom. The highest BCUT2D eigenvalue weighted by Gasteiger charge is 2.15. The molecule has 0 aliphatic rings. The summed E-state index contributed by atoms with van der Waals surface area (Å²) in [6.45, 7) is 4.42. The van der Waals surface area contributed by atoms with Crippen molar-refractivity contribution in [2.24, 2.45) is 5.10 Å². The number of carbonyl (C=O) groups is 2. The molecular formula is C33H32IN3O6. The van der Waals surface area contributed by atoms with E-state index in [1.54, 1.807) is 24.3 Å². The predicted molar refractivity (Wildman–Crippen MR) is 174 cm³/mol. The van der Waals surface area contributed by atoms with E-state index in [4.69, 9.17) is 18.9 Å². The van der Waals surface area contributed by atoms with Crippen molar-refractivity contribution < 1.29 is 28.5 Å². The quantitative estimate of drug-likeness (QED) is 0.0959. The van der Waals surface area contributed by atoms with Gasteiger partial charge in [0.25, 0.3) is 11.8 Å². The SMILES string of the molecule is CCOc1cc(/C=N/NC(=O)c2ccc(OCc3ccccc3)c(OC)c2)cc(I)c1OCC(=O)Nc1ccc(C)cc1. The fourth-order valence-corrected chi connectivity index (χ4v) is 4.71. The number of nitrogens with zero attached hydrogens (tertiary/aromatic N) is 1. The first-order chi connectivity index (χ1) is 20.9. The minimum atomic E-state index is -0.413. The highest BCUT2D eigenvalue weighted by atomic mass is 127. The summed E-state index contributed by atoms with van der Waals surface area (Å²) in [6, 6.07) is 25.8. The van der Waals surface area contributed by atoms with Crippen LogP contribution >= 0.6 is 22.6 Å². The lowest BCUT2D eigenvalue weighted by atomic mass is 10.2. The van der Waals surface area contributed by atoms with E-state index in [0.717, 1.165) is 14.7 Å². The zero-order chi connectivity index (χ0) is 30.6. The number of methoxy groups -OCH3 is 1. The lowest BCUT2D eigenvalue weighted by molar-refractivity contribution is -0.118. The summed E-state index contributed by atoms with van der Waals surface area (Å²) in [6.07, 6.45) is 1.50. The van der Waals surface area contributed by atoms with Gasteiger partial charge in [-0.25, -0.2) is 5.43 Å². The number of anilines is 1. The highest BCUT2D eigenvalue weighted by Crippen LogP contribution is 2.34. The summed E-state index contributed by atoms with van der Waals surface area (Å²) in [5.74, 6) is 1.17. The average Bonchev–Trinajstić information content (AvgIpc) is 3.01. The largest absolute Gasteiger partial charge is 0.493 e. The van der Waals surface area contributed by atoms with E-state index in [9.17, 15) is 9.59 Å². The molecule has 0 aliphatic carbocycles. The fourth-order valence-electron chi connectivity index (χ4n) is 3.93. The Kier molecular flexibility index (Phi) is 11.4. The summed E-state index contributed by atoms with van der Waals surface area (Å²) in [4.78, 5) is 25.2. The number of hydrogen-bond acceptors (Lipinski definition) is 7. The summed E-state index contributed by atoms with van der Waals surface area (Å²) in [7, 11) is 1.52. The first-order valence-electron chi connectivity index (χ1n) is 13.5. The third-order valence-corrected chi connectivity index (χ3v) is 6.86. The van der Waals surface area contributed by atoms with Crippen molar-refractivity contribution in [3.05, 3.63) is 111 Å². The van der Waals surface area contributed by atoms with Crippen LogP contribution in [0.4, 0.5) is 5.69 Å². The number of rotatable bonds is 13. The molecule has 9 nitrogen and oxygen atoms in total. The van der Waals surface area contributed by atoms with E-state index in [0.29, 0.717) is 53.0 Å². The van der Waals surface area contributed by atoms with Crippen molar-refractivity contribution in [2.75, 3.05) is 25.6 Å². The van der Waals surface area contributed by atoms with E-state index >= 15 is 0 Å². The van der Waals surface area contributed by atoms with E-state index in [1.807, 2.05) is 74.5 Å². The minimum absolute atomic E-state index is 0.188. The maximum atomic E-state index is 12.8. The van der Waals surface area contributed by atoms with Gasteiger partial charge in [-0.2, -0.15) is 5.10 Å². The van der Waals surface area contributed by atoms with Crippen molar-refractivity contribution in [3.8, 4) is 23.0 Å². The number of hydrazone groups is 1. The number of benzene rings is 4. The van der Waals surface area contributed by atoms with Crippen LogP contribution in [0.3, 0.4) is 0 Å². The van der Waals surface area contributed by atoms with Gasteiger partial charge in [0, 0.05) is 11.3 Å². The number of carbonyl (C=O) groups excluding carboxylic acids is 2. The van der Waals surface area contributed by atoms with Crippen LogP contribution in [0.1, 0.15) is 34.0 Å². The first kappa shape index (κ1) is 31.4. The molecule has 0 spiro atoms. The molecule has 0 heterocycles. The predicted octanol–water partition coefficient (Wildman–Crippen LogP) is 6.37. The standard InChI is InChI=1S/C33H32IN3O6/c1-4-41-30-17-24(16-27(34)32(30)43-21-31(38)36-26-13-10-22(2)11-14-26)19-35-37-33(39)25-12-15-28(29(18-25)40-3)42-20-23-8-6-5-7-9-23/h5-19H,4,20-21H2,1-3H3,(H,36,38)(H,37,39)/b35-19+. The Bertz CT molecular complexity index is 1580. The molecule has 4 rings (SSSR count). The molecule has 0 aliphatic heterocycles. The molecule has 43 heavy (non-hydrogen) atoms. The zero-order valence-corrected chi connectivity index (χ0v) is 26.2. The number of hydrogen-bond donors (Lipinski definition) is 2. The smallest absolute Gasteiger partial charge is 0.271 e. The van der Waals surface area contributed by atoms with Gasteiger partial charge in [-0.15, -0.1) is 0 Å². The summed E-state index contributed by atoms with van der Waals surface area (Å²) >= 11 is 2.11. The summed E-state index contributed by atoms with van der Waals surface area (Å²) < 4.78 is 23.6. The molecule has 0 saturated carbocycles. The molecule has 222 valence electrons. The minimum Gasteiger partial charge on any atom is -0.493 e. The van der Waals surface area contributed by atoms with Crippen molar-refractivity contribution >= 4 is 46.3 Å². The lowest BCUT2D eigenvalue weighted by Gasteiger charge is -2.14. The average molecular weight is 694 g/mol. The van der Waals surface area contributed by atoms with Crippen LogP contribution in [-0.4, -0.2) is 38.4 Å². The molecule has 4 aromatic rings. The monoisotopic (exact) mass is 693 g/mol. The van der Waals surface area contributed by atoms with Gasteiger partial charge in [0.1, 0.15) is 6.61 Å². The second-order valence-corrected chi connectivity index (χ2v) is 10.5. The van der Waals surface area contributed by atoms with Crippen LogP contribution in [0.15, 0.2) is 90.0 Å². The molecule has 10 heteroatoms. The van der Waals surface area contributed by atoms with Gasteiger partial charge in [0.2, 0.25) is 0 Å². The van der Waals surface area contributed by atoms with Crippen molar-refractivity contribution in [3.63, 3.8) is 0 Å². The zero-order valence-electron chi connectivity index (χ0n) is 24.1. The van der Waals surface area contributed by atoms with Gasteiger partial charge < -0.3 is 24.3 Å². The summed E-state index contributed by atoms with van der Waals surface area (Å²) in [5, 5.41) is 6.92. The third-order valence-electron chi connectivity index (χ3n) is 6.06.